The molecule has 2 rings (SSSR count). The lowest BCUT2D eigenvalue weighted by molar-refractivity contribution is 0.401. The molecule has 1 N–H and O–H groups in total. The van der Waals surface area contributed by atoms with E-state index in [4.69, 9.17) is 4.74 Å². The molecule has 5 heteroatoms. The predicted molar refractivity (Wildman–Crippen MR) is 79.9 cm³/mol. The maximum Gasteiger partial charge on any atom is 0.125 e. The van der Waals surface area contributed by atoms with Crippen LogP contribution in [0.15, 0.2) is 30.5 Å². The van der Waals surface area contributed by atoms with Gasteiger partial charge in [0.25, 0.3) is 0 Å². The molecular weight excluding hydrogens is 269 g/mol. The van der Waals surface area contributed by atoms with Crippen molar-refractivity contribution in [3.8, 4) is 5.75 Å². The molecule has 0 spiro atoms. The summed E-state index contributed by atoms with van der Waals surface area (Å²) in [4.78, 5) is 8.57. The van der Waals surface area contributed by atoms with Gasteiger partial charge in [0.1, 0.15) is 17.4 Å². The van der Waals surface area contributed by atoms with Crippen LogP contribution < -0.4 is 10.1 Å². The Morgan fingerprint density at radius 1 is 1.33 bits per heavy atom. The minimum Gasteiger partial charge on any atom is -0.496 e. The molecule has 2 aromatic rings. The van der Waals surface area contributed by atoms with Gasteiger partial charge in [0, 0.05) is 11.8 Å². The minimum absolute atomic E-state index is 0.225. The van der Waals surface area contributed by atoms with Gasteiger partial charge in [-0.2, -0.15) is 0 Å². The van der Waals surface area contributed by atoms with Crippen LogP contribution in [0.25, 0.3) is 0 Å². The maximum absolute atomic E-state index is 13.6. The number of benzene rings is 1. The van der Waals surface area contributed by atoms with Crippen LogP contribution in [-0.2, 0) is 0 Å². The fraction of sp³-hybridized carbons (Fsp3) is 0.375. The average Bonchev–Trinajstić information content (AvgIpc) is 2.48. The molecule has 112 valence electrons. The van der Waals surface area contributed by atoms with E-state index in [1.807, 2.05) is 13.0 Å². The molecule has 1 aromatic carbocycles. The van der Waals surface area contributed by atoms with E-state index in [0.717, 1.165) is 24.2 Å². The largest absolute Gasteiger partial charge is 0.496 e. The van der Waals surface area contributed by atoms with Gasteiger partial charge in [0.05, 0.1) is 18.8 Å². The Morgan fingerprint density at radius 2 is 2.14 bits per heavy atom. The molecule has 0 fully saturated rings. The second kappa shape index (κ2) is 7.13. The molecule has 0 saturated heterocycles. The highest BCUT2D eigenvalue weighted by molar-refractivity contribution is 5.40. The monoisotopic (exact) mass is 289 g/mol. The van der Waals surface area contributed by atoms with Crippen LogP contribution in [0.2, 0.25) is 0 Å². The van der Waals surface area contributed by atoms with Crippen molar-refractivity contribution in [2.24, 2.45) is 0 Å². The summed E-state index contributed by atoms with van der Waals surface area (Å²) >= 11 is 0. The summed E-state index contributed by atoms with van der Waals surface area (Å²) < 4.78 is 19.0. The van der Waals surface area contributed by atoms with Gasteiger partial charge in [-0.1, -0.05) is 6.92 Å². The summed E-state index contributed by atoms with van der Waals surface area (Å²) in [5, 5.41) is 3.39. The van der Waals surface area contributed by atoms with Gasteiger partial charge in [-0.05, 0) is 44.2 Å². The number of rotatable bonds is 6. The SMILES string of the molecule is CCCNC(c1ccnc(C)n1)c1cc(F)ccc1OC. The van der Waals surface area contributed by atoms with E-state index in [-0.39, 0.29) is 11.9 Å². The van der Waals surface area contributed by atoms with Crippen molar-refractivity contribution >= 4 is 0 Å². The van der Waals surface area contributed by atoms with Crippen molar-refractivity contribution in [1.29, 1.82) is 0 Å². The molecule has 1 aromatic heterocycles. The van der Waals surface area contributed by atoms with Crippen molar-refractivity contribution in [2.75, 3.05) is 13.7 Å². The summed E-state index contributed by atoms with van der Waals surface area (Å²) in [5.74, 6) is 1.03. The van der Waals surface area contributed by atoms with Crippen LogP contribution in [0, 0.1) is 12.7 Å². The average molecular weight is 289 g/mol. The second-order valence-corrected chi connectivity index (χ2v) is 4.80. The Hall–Kier alpha value is -2.01. The maximum atomic E-state index is 13.6. The minimum atomic E-state index is -0.292. The molecule has 0 aliphatic heterocycles. The number of aryl methyl sites for hydroxylation is 1. The summed E-state index contributed by atoms with van der Waals surface area (Å²) in [5.41, 5.74) is 1.55. The molecule has 0 aliphatic rings. The molecule has 0 saturated carbocycles. The Kier molecular flexibility index (Phi) is 5.22. The molecular formula is C16H20FN3O. The molecule has 0 radical (unpaired) electrons. The number of aromatic nitrogens is 2. The number of nitrogens with zero attached hydrogens (tertiary/aromatic N) is 2. The lowest BCUT2D eigenvalue weighted by Gasteiger charge is -2.21. The third kappa shape index (κ3) is 3.76. The number of hydrogen-bond donors (Lipinski definition) is 1. The first kappa shape index (κ1) is 15.4. The predicted octanol–water partition coefficient (Wildman–Crippen LogP) is 3.02. The van der Waals surface area contributed by atoms with Gasteiger partial charge in [-0.15, -0.1) is 0 Å². The molecule has 1 atom stereocenters. The Labute approximate surface area is 124 Å². The number of hydrogen-bond acceptors (Lipinski definition) is 4. The number of halogens is 1. The number of methoxy groups -OCH3 is 1. The van der Waals surface area contributed by atoms with Crippen LogP contribution in [0.1, 0.15) is 36.5 Å². The first-order valence-corrected chi connectivity index (χ1v) is 7.02. The first-order valence-electron chi connectivity index (χ1n) is 7.02. The van der Waals surface area contributed by atoms with E-state index < -0.39 is 0 Å². The van der Waals surface area contributed by atoms with E-state index in [1.54, 1.807) is 19.4 Å². The highest BCUT2D eigenvalue weighted by Gasteiger charge is 2.20. The zero-order chi connectivity index (χ0) is 15.2. The molecule has 21 heavy (non-hydrogen) atoms. The van der Waals surface area contributed by atoms with E-state index in [9.17, 15) is 4.39 Å². The van der Waals surface area contributed by atoms with Crippen LogP contribution in [0.4, 0.5) is 4.39 Å². The van der Waals surface area contributed by atoms with Gasteiger partial charge >= 0.3 is 0 Å². The molecule has 0 aliphatic carbocycles. The molecule has 1 unspecified atom stereocenters. The van der Waals surface area contributed by atoms with Crippen molar-refractivity contribution in [3.63, 3.8) is 0 Å². The van der Waals surface area contributed by atoms with E-state index >= 15 is 0 Å². The fourth-order valence-corrected chi connectivity index (χ4v) is 2.23. The highest BCUT2D eigenvalue weighted by Crippen LogP contribution is 2.29. The summed E-state index contributed by atoms with van der Waals surface area (Å²) in [6.45, 7) is 4.72. The zero-order valence-corrected chi connectivity index (χ0v) is 12.6. The van der Waals surface area contributed by atoms with Gasteiger partial charge in [0.15, 0.2) is 0 Å². The van der Waals surface area contributed by atoms with Crippen molar-refractivity contribution in [1.82, 2.24) is 15.3 Å². The van der Waals surface area contributed by atoms with Crippen molar-refractivity contribution in [2.45, 2.75) is 26.3 Å². The highest BCUT2D eigenvalue weighted by atomic mass is 19.1. The van der Waals surface area contributed by atoms with Crippen LogP contribution in [0.5, 0.6) is 5.75 Å². The third-order valence-electron chi connectivity index (χ3n) is 3.19. The standard InChI is InChI=1S/C16H20FN3O/c1-4-8-19-16(14-7-9-18-11(2)20-14)13-10-12(17)5-6-15(13)21-3/h5-7,9-10,16,19H,4,8H2,1-3H3. The normalized spacial score (nSPS) is 12.2. The number of nitrogens with one attached hydrogen (secondary N) is 1. The first-order chi connectivity index (χ1) is 10.2. The van der Waals surface area contributed by atoms with Gasteiger partial charge in [-0.25, -0.2) is 14.4 Å². The third-order valence-corrected chi connectivity index (χ3v) is 3.19. The smallest absolute Gasteiger partial charge is 0.125 e. The summed E-state index contributed by atoms with van der Waals surface area (Å²) in [6, 6.07) is 6.13. The summed E-state index contributed by atoms with van der Waals surface area (Å²) in [6.07, 6.45) is 2.68. The Morgan fingerprint density at radius 3 is 2.81 bits per heavy atom. The van der Waals surface area contributed by atoms with Gasteiger partial charge in [-0.3, -0.25) is 0 Å². The van der Waals surface area contributed by atoms with E-state index in [1.165, 1.54) is 12.1 Å². The van der Waals surface area contributed by atoms with E-state index in [0.29, 0.717) is 11.6 Å². The Balaban J connectivity index is 2.47. The van der Waals surface area contributed by atoms with Gasteiger partial charge in [0.2, 0.25) is 0 Å². The fourth-order valence-electron chi connectivity index (χ4n) is 2.23. The molecule has 4 nitrogen and oxygen atoms in total. The zero-order valence-electron chi connectivity index (χ0n) is 12.6. The lowest BCUT2D eigenvalue weighted by Crippen LogP contribution is -2.25. The topological polar surface area (TPSA) is 47.0 Å². The summed E-state index contributed by atoms with van der Waals surface area (Å²) in [7, 11) is 1.58. The van der Waals surface area contributed by atoms with Crippen molar-refractivity contribution in [3.05, 3.63) is 53.4 Å². The van der Waals surface area contributed by atoms with Crippen LogP contribution >= 0.6 is 0 Å². The van der Waals surface area contributed by atoms with Crippen molar-refractivity contribution < 1.29 is 9.13 Å². The van der Waals surface area contributed by atoms with Gasteiger partial charge < -0.3 is 10.1 Å². The molecule has 0 bridgehead atoms. The van der Waals surface area contributed by atoms with Crippen LogP contribution in [-0.4, -0.2) is 23.6 Å². The lowest BCUT2D eigenvalue weighted by atomic mass is 10.0. The number of ether oxygens (including phenoxy) is 1. The second-order valence-electron chi connectivity index (χ2n) is 4.80. The molecule has 0 amide bonds. The molecule has 1 heterocycles. The van der Waals surface area contributed by atoms with E-state index in [2.05, 4.69) is 22.2 Å². The Bertz CT molecular complexity index is 604. The quantitative estimate of drug-likeness (QED) is 0.888. The van der Waals surface area contributed by atoms with Crippen LogP contribution in [0.3, 0.4) is 0 Å².